The van der Waals surface area contributed by atoms with Crippen LogP contribution in [0.2, 0.25) is 0 Å². The highest BCUT2D eigenvalue weighted by Crippen LogP contribution is 2.27. The number of methoxy groups -OCH3 is 2. The number of nitrogens with one attached hydrogen (secondary N) is 1. The van der Waals surface area contributed by atoms with Gasteiger partial charge in [0.05, 0.1) is 56.9 Å². The van der Waals surface area contributed by atoms with Crippen LogP contribution >= 0.6 is 0 Å². The zero-order valence-corrected chi connectivity index (χ0v) is 38.8. The molecule has 2 aliphatic rings. The van der Waals surface area contributed by atoms with E-state index in [2.05, 4.69) is 10.2 Å². The van der Waals surface area contributed by atoms with Crippen molar-refractivity contribution in [2.24, 2.45) is 0 Å². The first-order chi connectivity index (χ1) is 32.8. The number of aromatic nitrogens is 2. The molecule has 1 aromatic heterocycles. The molecule has 18 nitrogen and oxygen atoms in total. The maximum Gasteiger partial charge on any atom is 0.324 e. The number of carbonyl (C=O) groups excluding carboxylic acids is 4. The number of rotatable bonds is 14. The average Bonchev–Trinajstić information content (AvgIpc) is 3.86. The molecule has 0 radical (unpaired) electrons. The van der Waals surface area contributed by atoms with Gasteiger partial charge in [0.15, 0.2) is 25.5 Å². The maximum absolute atomic E-state index is 13.3. The highest BCUT2D eigenvalue weighted by atomic mass is 32.2. The monoisotopic (exact) mass is 1000 g/mol. The van der Waals surface area contributed by atoms with Gasteiger partial charge in [0.2, 0.25) is 5.89 Å². The molecule has 2 saturated heterocycles. The van der Waals surface area contributed by atoms with Crippen LogP contribution in [0.3, 0.4) is 0 Å². The second kappa shape index (κ2) is 22.8. The number of hydrogen-bond acceptors (Lipinski definition) is 13. The summed E-state index contributed by atoms with van der Waals surface area (Å²) in [5, 5.41) is 8.82. The molecule has 0 atom stereocenters. The number of sulfone groups is 2. The van der Waals surface area contributed by atoms with Crippen molar-refractivity contribution < 1.29 is 67.5 Å². The number of anilines is 2. The molecule has 7 rings (SSSR count). The van der Waals surface area contributed by atoms with Crippen LogP contribution in [0.4, 0.5) is 38.5 Å². The van der Waals surface area contributed by atoms with E-state index in [1.54, 1.807) is 96.9 Å². The molecular weight excluding hydrogens is 955 g/mol. The third-order valence-electron chi connectivity index (χ3n) is 10.9. The minimum Gasteiger partial charge on any atom is -0.497 e. The van der Waals surface area contributed by atoms with E-state index in [9.17, 15) is 53.6 Å². The van der Waals surface area contributed by atoms with Crippen LogP contribution in [0.1, 0.15) is 33.8 Å². The van der Waals surface area contributed by atoms with E-state index in [1.807, 2.05) is 5.32 Å². The van der Waals surface area contributed by atoms with E-state index in [0.29, 0.717) is 34.0 Å². The number of Topliss-reactive ketones (excluding diaryl/α,β-unsaturated/α-hetero) is 1. The summed E-state index contributed by atoms with van der Waals surface area (Å²) in [5.74, 6) is -1.96. The van der Waals surface area contributed by atoms with Crippen molar-refractivity contribution in [1.82, 2.24) is 25.3 Å². The lowest BCUT2D eigenvalue weighted by molar-refractivity contribution is -0.131. The van der Waals surface area contributed by atoms with Crippen LogP contribution < -0.4 is 24.6 Å². The van der Waals surface area contributed by atoms with Gasteiger partial charge in [-0.3, -0.25) is 19.4 Å². The lowest BCUT2D eigenvalue weighted by atomic mass is 10.1. The Labute approximate surface area is 394 Å². The summed E-state index contributed by atoms with van der Waals surface area (Å²) >= 11 is 0. The topological polar surface area (TPSA) is 219 Å². The number of hydrogen-bond donors (Lipinski definition) is 1. The number of amides is 5. The van der Waals surface area contributed by atoms with Crippen molar-refractivity contribution in [2.45, 2.75) is 25.9 Å². The Morgan fingerprint density at radius 2 is 1.06 bits per heavy atom. The van der Waals surface area contributed by atoms with Gasteiger partial charge in [-0.05, 0) is 71.8 Å². The van der Waals surface area contributed by atoms with Crippen LogP contribution in [-0.2, 0) is 37.6 Å². The van der Waals surface area contributed by atoms with Crippen LogP contribution in [-0.4, -0.2) is 137 Å². The van der Waals surface area contributed by atoms with Crippen molar-refractivity contribution in [3.63, 3.8) is 0 Å². The normalized spacial score (nSPS) is 15.1. The fraction of sp³-hybridized carbons (Fsp3) is 0.333. The molecule has 5 amide bonds. The number of halogens is 4. The molecule has 4 aromatic carbocycles. The van der Waals surface area contributed by atoms with Gasteiger partial charge < -0.3 is 29.0 Å². The number of alkyl halides is 4. The van der Waals surface area contributed by atoms with E-state index in [-0.39, 0.29) is 85.8 Å². The summed E-state index contributed by atoms with van der Waals surface area (Å²) in [5.41, 5.74) is 3.29. The Kier molecular flexibility index (Phi) is 17.0. The van der Waals surface area contributed by atoms with Gasteiger partial charge in [0.25, 0.3) is 11.8 Å². The third-order valence-corrected chi connectivity index (χ3v) is 14.1. The maximum atomic E-state index is 13.3. The number of benzene rings is 4. The van der Waals surface area contributed by atoms with Crippen LogP contribution in [0.5, 0.6) is 11.5 Å². The molecular formula is C45H47F4N7O11S2. The molecule has 2 aliphatic heterocycles. The van der Waals surface area contributed by atoms with Gasteiger partial charge in [0.1, 0.15) is 11.5 Å². The standard InChI is InChI=1S/C23H25F2N3O6S.C22H22F2N4O5S/c1-34-19-8-6-18(7-9-19)28(23(31)27-10-12-35(32,33)13-11-27)15-16-2-4-17(5-3-16)20(29)14-26-22(30)21(24)25;1-32-18-8-6-17(7-9-18)28(22(29)27-10-12-34(30,31)13-11-27)14-15-2-4-16(5-3-15)20-25-26-21(33-20)19(23)24/h2-9,21H,10-15H2,1H3,(H,26,30);2-9,19H,10-14H2,1H3. The Morgan fingerprint density at radius 1 is 0.638 bits per heavy atom. The second-order valence-corrected chi connectivity index (χ2v) is 20.1. The largest absolute Gasteiger partial charge is 0.497 e. The van der Waals surface area contributed by atoms with E-state index in [4.69, 9.17) is 13.9 Å². The second-order valence-electron chi connectivity index (χ2n) is 15.5. The smallest absolute Gasteiger partial charge is 0.324 e. The molecule has 0 bridgehead atoms. The number of ether oxygens (including phenoxy) is 2. The molecule has 0 saturated carbocycles. The fourth-order valence-corrected chi connectivity index (χ4v) is 9.31. The summed E-state index contributed by atoms with van der Waals surface area (Å²) in [6, 6.07) is 26.0. The summed E-state index contributed by atoms with van der Waals surface area (Å²) in [6.07, 6.45) is -6.05. The molecule has 0 spiro atoms. The van der Waals surface area contributed by atoms with E-state index < -0.39 is 56.7 Å². The van der Waals surface area contributed by atoms with Gasteiger partial charge in [-0.2, -0.15) is 17.6 Å². The van der Waals surface area contributed by atoms with E-state index >= 15 is 0 Å². The number of nitrogens with zero attached hydrogens (tertiary/aromatic N) is 6. The fourth-order valence-electron chi connectivity index (χ4n) is 6.91. The van der Waals surface area contributed by atoms with E-state index in [0.717, 1.165) is 5.56 Å². The minimum absolute atomic E-state index is 0.0283. The lowest BCUT2D eigenvalue weighted by Crippen LogP contribution is -2.49. The zero-order valence-electron chi connectivity index (χ0n) is 37.2. The van der Waals surface area contributed by atoms with Crippen molar-refractivity contribution >= 4 is 54.8 Å². The van der Waals surface area contributed by atoms with Crippen LogP contribution in [0, 0.1) is 0 Å². The quantitative estimate of drug-likeness (QED) is 0.105. The van der Waals surface area contributed by atoms with Gasteiger partial charge in [-0.15, -0.1) is 10.2 Å². The van der Waals surface area contributed by atoms with Crippen molar-refractivity contribution in [3.05, 3.63) is 120 Å². The Hall–Kier alpha value is -7.08. The predicted octanol–water partition coefficient (Wildman–Crippen LogP) is 5.66. The number of carbonyl (C=O) groups is 4. The van der Waals surface area contributed by atoms with Gasteiger partial charge in [-0.25, -0.2) is 26.4 Å². The van der Waals surface area contributed by atoms with Crippen LogP contribution in [0.25, 0.3) is 11.5 Å². The van der Waals surface area contributed by atoms with Crippen molar-refractivity contribution in [2.75, 3.05) is 79.8 Å². The first-order valence-electron chi connectivity index (χ1n) is 21.1. The summed E-state index contributed by atoms with van der Waals surface area (Å²) < 4.78 is 112. The van der Waals surface area contributed by atoms with E-state index in [1.165, 1.54) is 33.9 Å². The molecule has 368 valence electrons. The molecule has 1 N–H and O–H groups in total. The third kappa shape index (κ3) is 14.0. The predicted molar refractivity (Wildman–Crippen MR) is 244 cm³/mol. The SMILES string of the molecule is COc1ccc(N(Cc2ccc(-c3nnc(C(F)F)o3)cc2)C(=O)N2CCS(=O)(=O)CC2)cc1.COc1ccc(N(Cc2ccc(C(=O)CNC(=O)C(F)F)cc2)C(=O)N2CCS(=O)(=O)CC2)cc1. The lowest BCUT2D eigenvalue weighted by Gasteiger charge is -2.33. The summed E-state index contributed by atoms with van der Waals surface area (Å²) in [7, 11) is -3.24. The highest BCUT2D eigenvalue weighted by molar-refractivity contribution is 7.91. The van der Waals surface area contributed by atoms with Gasteiger partial charge >= 0.3 is 24.9 Å². The Bertz CT molecular complexity index is 2770. The minimum atomic E-state index is -3.20. The number of ketones is 1. The molecule has 24 heteroatoms. The Morgan fingerprint density at radius 3 is 1.43 bits per heavy atom. The summed E-state index contributed by atoms with van der Waals surface area (Å²) in [6.45, 7) is 0.187. The van der Waals surface area contributed by atoms with Gasteiger partial charge in [0, 0.05) is 48.7 Å². The first-order valence-corrected chi connectivity index (χ1v) is 24.7. The van der Waals surface area contributed by atoms with Crippen LogP contribution in [0.15, 0.2) is 101 Å². The molecule has 2 fully saturated rings. The summed E-state index contributed by atoms with van der Waals surface area (Å²) in [4.78, 5) is 55.8. The van der Waals surface area contributed by atoms with Gasteiger partial charge in [-0.1, -0.05) is 36.4 Å². The zero-order chi connectivity index (χ0) is 49.9. The Balaban J connectivity index is 0.000000227. The van der Waals surface area contributed by atoms with Crippen molar-refractivity contribution in [3.8, 4) is 23.0 Å². The molecule has 69 heavy (non-hydrogen) atoms. The highest BCUT2D eigenvalue weighted by Gasteiger charge is 2.31. The molecule has 3 heterocycles. The number of urea groups is 2. The van der Waals surface area contributed by atoms with Crippen molar-refractivity contribution in [1.29, 1.82) is 0 Å². The molecule has 0 unspecified atom stereocenters. The first kappa shape index (κ1) is 51.3. The molecule has 5 aromatic rings. The molecule has 0 aliphatic carbocycles. The average molecular weight is 1000 g/mol.